The van der Waals surface area contributed by atoms with E-state index in [9.17, 15) is 9.59 Å². The fourth-order valence-corrected chi connectivity index (χ4v) is 4.91. The number of hydrogen-bond donors (Lipinski definition) is 2. The predicted molar refractivity (Wildman–Crippen MR) is 109 cm³/mol. The number of nitrogens with one attached hydrogen (secondary N) is 2. The summed E-state index contributed by atoms with van der Waals surface area (Å²) >= 11 is 1.46. The molecule has 1 aliphatic heterocycles. The number of carbonyl (C=O) groups is 2. The number of benzene rings is 2. The van der Waals surface area contributed by atoms with Gasteiger partial charge < -0.3 is 10.6 Å². The van der Waals surface area contributed by atoms with E-state index in [1.54, 1.807) is 0 Å². The molecule has 140 valence electrons. The molecule has 0 fully saturated rings. The molecule has 5 heteroatoms. The van der Waals surface area contributed by atoms with Crippen molar-refractivity contribution in [2.75, 3.05) is 5.32 Å². The summed E-state index contributed by atoms with van der Waals surface area (Å²) in [6.45, 7) is 2.01. The van der Waals surface area contributed by atoms with Gasteiger partial charge in [0.25, 0.3) is 0 Å². The summed E-state index contributed by atoms with van der Waals surface area (Å²) in [6, 6.07) is 14.2. The zero-order valence-corrected chi connectivity index (χ0v) is 16.3. The quantitative estimate of drug-likeness (QED) is 0.834. The van der Waals surface area contributed by atoms with Crippen LogP contribution in [0.4, 0.5) is 5.69 Å². The highest BCUT2D eigenvalue weighted by Crippen LogP contribution is 2.36. The van der Waals surface area contributed by atoms with Crippen molar-refractivity contribution >= 4 is 29.3 Å². The van der Waals surface area contributed by atoms with E-state index in [4.69, 9.17) is 0 Å². The first-order chi connectivity index (χ1) is 13.1. The second kappa shape index (κ2) is 7.77. The van der Waals surface area contributed by atoms with E-state index >= 15 is 0 Å². The van der Waals surface area contributed by atoms with E-state index in [0.717, 1.165) is 29.0 Å². The topological polar surface area (TPSA) is 58.2 Å². The molecule has 1 heterocycles. The first kappa shape index (κ1) is 18.1. The van der Waals surface area contributed by atoms with Crippen LogP contribution < -0.4 is 10.6 Å². The zero-order chi connectivity index (χ0) is 18.8. The summed E-state index contributed by atoms with van der Waals surface area (Å²) in [7, 11) is 0. The van der Waals surface area contributed by atoms with Crippen LogP contribution in [0.1, 0.15) is 48.9 Å². The molecule has 0 aromatic heterocycles. The number of fused-ring (bicyclic) bond motifs is 2. The maximum absolute atomic E-state index is 12.5. The van der Waals surface area contributed by atoms with Crippen molar-refractivity contribution in [3.05, 3.63) is 59.2 Å². The Bertz CT molecular complexity index is 880. The Labute approximate surface area is 164 Å². The Balaban J connectivity index is 1.38. The van der Waals surface area contributed by atoms with Gasteiger partial charge in [0.05, 0.1) is 17.0 Å². The molecule has 2 amide bonds. The van der Waals surface area contributed by atoms with Crippen LogP contribution in [0.2, 0.25) is 0 Å². The summed E-state index contributed by atoms with van der Waals surface area (Å²) in [5, 5.41) is 5.56. The van der Waals surface area contributed by atoms with E-state index in [0.29, 0.717) is 0 Å². The molecule has 1 aliphatic carbocycles. The number of amides is 2. The van der Waals surface area contributed by atoms with Gasteiger partial charge in [-0.3, -0.25) is 9.59 Å². The van der Waals surface area contributed by atoms with Crippen LogP contribution >= 0.6 is 11.8 Å². The Morgan fingerprint density at radius 1 is 1.19 bits per heavy atom. The summed E-state index contributed by atoms with van der Waals surface area (Å²) in [4.78, 5) is 25.8. The minimum absolute atomic E-state index is 0.0614. The number of hydrogen-bond acceptors (Lipinski definition) is 3. The van der Waals surface area contributed by atoms with Crippen molar-refractivity contribution < 1.29 is 9.59 Å². The van der Waals surface area contributed by atoms with E-state index in [1.165, 1.54) is 35.7 Å². The SMILES string of the molecule is C[C@@H](NC(=O)C[C@H]1Sc2ccccc2NC1=O)c1ccc2c(c1)CCCC2. The molecule has 0 saturated heterocycles. The van der Waals surface area contributed by atoms with Crippen molar-refractivity contribution in [2.24, 2.45) is 0 Å². The van der Waals surface area contributed by atoms with E-state index in [-0.39, 0.29) is 24.3 Å². The number of aryl methyl sites for hydroxylation is 2. The van der Waals surface area contributed by atoms with Crippen LogP contribution in [0.5, 0.6) is 0 Å². The average molecular weight is 381 g/mol. The summed E-state index contributed by atoms with van der Waals surface area (Å²) in [5.41, 5.74) is 4.82. The second-order valence-electron chi connectivity index (χ2n) is 7.32. The molecule has 0 spiro atoms. The third kappa shape index (κ3) is 4.03. The van der Waals surface area contributed by atoms with Gasteiger partial charge in [-0.05, 0) is 61.4 Å². The fourth-order valence-electron chi connectivity index (χ4n) is 3.80. The lowest BCUT2D eigenvalue weighted by Gasteiger charge is -2.24. The fraction of sp³-hybridized carbons (Fsp3) is 0.364. The normalized spacial score (nSPS) is 19.4. The molecule has 2 aromatic rings. The maximum Gasteiger partial charge on any atom is 0.238 e. The van der Waals surface area contributed by atoms with E-state index in [1.807, 2.05) is 31.2 Å². The monoisotopic (exact) mass is 380 g/mol. The number of anilines is 1. The van der Waals surface area contributed by atoms with E-state index < -0.39 is 5.25 Å². The Kier molecular flexibility index (Phi) is 5.21. The van der Waals surface area contributed by atoms with Crippen LogP contribution in [-0.2, 0) is 22.4 Å². The van der Waals surface area contributed by atoms with Gasteiger partial charge >= 0.3 is 0 Å². The minimum atomic E-state index is -0.393. The molecule has 0 radical (unpaired) electrons. The van der Waals surface area contributed by atoms with Crippen LogP contribution in [0, 0.1) is 0 Å². The zero-order valence-electron chi connectivity index (χ0n) is 15.5. The van der Waals surface area contributed by atoms with Gasteiger partial charge in [0.2, 0.25) is 11.8 Å². The molecule has 2 aromatic carbocycles. The first-order valence-electron chi connectivity index (χ1n) is 9.58. The summed E-state index contributed by atoms with van der Waals surface area (Å²) in [5.74, 6) is -0.192. The second-order valence-corrected chi connectivity index (χ2v) is 8.57. The van der Waals surface area contributed by atoms with Gasteiger partial charge in [-0.25, -0.2) is 0 Å². The third-order valence-electron chi connectivity index (χ3n) is 5.33. The van der Waals surface area contributed by atoms with Crippen molar-refractivity contribution in [1.29, 1.82) is 0 Å². The molecular formula is C22H24N2O2S. The Morgan fingerprint density at radius 3 is 2.81 bits per heavy atom. The van der Waals surface area contributed by atoms with E-state index in [2.05, 4.69) is 28.8 Å². The Hall–Kier alpha value is -2.27. The number of carbonyl (C=O) groups excluding carboxylic acids is 2. The van der Waals surface area contributed by atoms with Crippen molar-refractivity contribution in [2.45, 2.75) is 55.2 Å². The number of rotatable bonds is 4. The molecule has 4 rings (SSSR count). The largest absolute Gasteiger partial charge is 0.350 e. The average Bonchev–Trinajstić information content (AvgIpc) is 2.68. The summed E-state index contributed by atoms with van der Waals surface area (Å²) in [6.07, 6.45) is 4.98. The molecule has 0 unspecified atom stereocenters. The molecule has 2 aliphatic rings. The number of thioether (sulfide) groups is 1. The molecular weight excluding hydrogens is 356 g/mol. The lowest BCUT2D eigenvalue weighted by molar-refractivity contribution is -0.124. The van der Waals surface area contributed by atoms with Crippen LogP contribution in [0.3, 0.4) is 0 Å². The molecule has 0 bridgehead atoms. The third-order valence-corrected chi connectivity index (χ3v) is 6.60. The maximum atomic E-state index is 12.5. The van der Waals surface area contributed by atoms with Gasteiger partial charge in [0.1, 0.15) is 0 Å². The smallest absolute Gasteiger partial charge is 0.238 e. The highest BCUT2D eigenvalue weighted by Gasteiger charge is 2.29. The molecule has 2 N–H and O–H groups in total. The molecule has 27 heavy (non-hydrogen) atoms. The predicted octanol–water partition coefficient (Wildman–Crippen LogP) is 4.25. The van der Waals surface area contributed by atoms with Crippen molar-refractivity contribution in [1.82, 2.24) is 5.32 Å². The van der Waals surface area contributed by atoms with Gasteiger partial charge in [-0.1, -0.05) is 30.3 Å². The van der Waals surface area contributed by atoms with Gasteiger partial charge in [0, 0.05) is 11.3 Å². The van der Waals surface area contributed by atoms with Gasteiger partial charge in [-0.2, -0.15) is 0 Å². The van der Waals surface area contributed by atoms with Gasteiger partial charge in [0.15, 0.2) is 0 Å². The van der Waals surface area contributed by atoms with Gasteiger partial charge in [-0.15, -0.1) is 11.8 Å². The summed E-state index contributed by atoms with van der Waals surface area (Å²) < 4.78 is 0. The minimum Gasteiger partial charge on any atom is -0.350 e. The van der Waals surface area contributed by atoms with Crippen LogP contribution in [0.25, 0.3) is 0 Å². The molecule has 2 atom stereocenters. The molecule has 4 nitrogen and oxygen atoms in total. The first-order valence-corrected chi connectivity index (χ1v) is 10.5. The Morgan fingerprint density at radius 2 is 1.96 bits per heavy atom. The lowest BCUT2D eigenvalue weighted by atomic mass is 9.89. The molecule has 0 saturated carbocycles. The highest BCUT2D eigenvalue weighted by molar-refractivity contribution is 8.01. The number of para-hydroxylation sites is 1. The van der Waals surface area contributed by atoms with Crippen molar-refractivity contribution in [3.63, 3.8) is 0 Å². The lowest BCUT2D eigenvalue weighted by Crippen LogP contribution is -2.35. The highest BCUT2D eigenvalue weighted by atomic mass is 32.2. The standard InChI is InChI=1S/C22H24N2O2S/c1-14(16-11-10-15-6-2-3-7-17(15)12-16)23-21(25)13-20-22(26)24-18-8-4-5-9-19(18)27-20/h4-5,8-12,14,20H,2-3,6-7,13H2,1H3,(H,23,25)(H,24,26)/t14-,20-/m1/s1. The van der Waals surface area contributed by atoms with Crippen LogP contribution in [-0.4, -0.2) is 17.1 Å². The van der Waals surface area contributed by atoms with Crippen molar-refractivity contribution in [3.8, 4) is 0 Å². The van der Waals surface area contributed by atoms with Crippen LogP contribution in [0.15, 0.2) is 47.4 Å².